The van der Waals surface area contributed by atoms with Gasteiger partial charge in [0, 0.05) is 12.5 Å². The lowest BCUT2D eigenvalue weighted by Crippen LogP contribution is -2.25. The van der Waals surface area contributed by atoms with Gasteiger partial charge in [0.1, 0.15) is 5.70 Å². The second-order valence-corrected chi connectivity index (χ2v) is 3.91. The molecule has 0 aliphatic carbocycles. The quantitative estimate of drug-likeness (QED) is 0.507. The summed E-state index contributed by atoms with van der Waals surface area (Å²) in [4.78, 5) is 33.6. The van der Waals surface area contributed by atoms with Crippen LogP contribution in [0.15, 0.2) is 30.0 Å². The summed E-state index contributed by atoms with van der Waals surface area (Å²) in [5.74, 6) is -1.03. The van der Waals surface area contributed by atoms with E-state index in [1.165, 1.54) is 27.0 Å². The van der Waals surface area contributed by atoms with Crippen molar-refractivity contribution >= 4 is 23.7 Å². The van der Waals surface area contributed by atoms with Crippen molar-refractivity contribution in [2.24, 2.45) is 0 Å². The number of methoxy groups -OCH3 is 1. The highest BCUT2D eigenvalue weighted by Crippen LogP contribution is 2.09. The number of nitrogens with one attached hydrogen (secondary N) is 1. The van der Waals surface area contributed by atoms with E-state index in [0.29, 0.717) is 11.1 Å². The molecule has 0 fully saturated rings. The van der Waals surface area contributed by atoms with E-state index >= 15 is 0 Å². The third-order valence-corrected chi connectivity index (χ3v) is 2.34. The molecule has 100 valence electrons. The Hall–Kier alpha value is -2.43. The first kappa shape index (κ1) is 14.6. The first-order chi connectivity index (χ1) is 8.93. The minimum absolute atomic E-state index is 0.0365. The Labute approximate surface area is 111 Å². The van der Waals surface area contributed by atoms with Gasteiger partial charge in [-0.15, -0.1) is 0 Å². The molecule has 0 unspecified atom stereocenters. The number of benzene rings is 1. The fourth-order valence-electron chi connectivity index (χ4n) is 1.43. The van der Waals surface area contributed by atoms with E-state index < -0.39 is 5.97 Å². The van der Waals surface area contributed by atoms with Gasteiger partial charge < -0.3 is 10.1 Å². The molecule has 19 heavy (non-hydrogen) atoms. The summed E-state index contributed by atoms with van der Waals surface area (Å²) in [6.07, 6.45) is 1.48. The zero-order valence-corrected chi connectivity index (χ0v) is 11.0. The second kappa shape index (κ2) is 6.49. The van der Waals surface area contributed by atoms with E-state index in [0.717, 1.165) is 0 Å². The number of carbonyl (C=O) groups is 3. The molecule has 0 aliphatic heterocycles. The zero-order chi connectivity index (χ0) is 14.4. The first-order valence-corrected chi connectivity index (χ1v) is 5.62. The van der Waals surface area contributed by atoms with Gasteiger partial charge in [0.05, 0.1) is 7.11 Å². The summed E-state index contributed by atoms with van der Waals surface area (Å²) in [5, 5.41) is 2.40. The van der Waals surface area contributed by atoms with Crippen molar-refractivity contribution in [1.82, 2.24) is 5.32 Å². The normalized spacial score (nSPS) is 10.8. The topological polar surface area (TPSA) is 72.5 Å². The number of rotatable bonds is 4. The molecule has 1 N–H and O–H groups in total. The van der Waals surface area contributed by atoms with E-state index in [4.69, 9.17) is 0 Å². The summed E-state index contributed by atoms with van der Waals surface area (Å²) in [7, 11) is 1.23. The molecule has 0 saturated carbocycles. The van der Waals surface area contributed by atoms with E-state index in [1.54, 1.807) is 24.3 Å². The van der Waals surface area contributed by atoms with Gasteiger partial charge in [0.15, 0.2) is 5.78 Å². The van der Waals surface area contributed by atoms with Crippen LogP contribution in [0.5, 0.6) is 0 Å². The number of carbonyl (C=O) groups excluding carboxylic acids is 3. The predicted octanol–water partition coefficient (Wildman–Crippen LogP) is 1.54. The predicted molar refractivity (Wildman–Crippen MR) is 70.3 cm³/mol. The Morgan fingerprint density at radius 1 is 1.11 bits per heavy atom. The van der Waals surface area contributed by atoms with Crippen LogP contribution in [0.25, 0.3) is 6.08 Å². The van der Waals surface area contributed by atoms with Crippen molar-refractivity contribution in [3.63, 3.8) is 0 Å². The molecule has 1 amide bonds. The summed E-state index contributed by atoms with van der Waals surface area (Å²) < 4.78 is 4.57. The lowest BCUT2D eigenvalue weighted by molar-refractivity contribution is -0.137. The van der Waals surface area contributed by atoms with E-state index in [1.807, 2.05) is 0 Å². The first-order valence-electron chi connectivity index (χ1n) is 5.62. The van der Waals surface area contributed by atoms with Crippen LogP contribution >= 0.6 is 0 Å². The third-order valence-electron chi connectivity index (χ3n) is 2.34. The number of amides is 1. The van der Waals surface area contributed by atoms with Crippen LogP contribution in [-0.4, -0.2) is 24.8 Å². The van der Waals surface area contributed by atoms with Gasteiger partial charge in [-0.25, -0.2) is 4.79 Å². The van der Waals surface area contributed by atoms with Crippen LogP contribution in [0.2, 0.25) is 0 Å². The molecule has 0 bridgehead atoms. The van der Waals surface area contributed by atoms with Crippen molar-refractivity contribution in [2.45, 2.75) is 13.8 Å². The zero-order valence-electron chi connectivity index (χ0n) is 11.0. The maximum Gasteiger partial charge on any atom is 0.354 e. The Morgan fingerprint density at radius 3 is 2.11 bits per heavy atom. The molecular formula is C14H15NO4. The van der Waals surface area contributed by atoms with Crippen LogP contribution in [0.3, 0.4) is 0 Å². The summed E-state index contributed by atoms with van der Waals surface area (Å²) in [5.41, 5.74) is 1.31. The number of esters is 1. The fraction of sp³-hybridized carbons (Fsp3) is 0.214. The smallest absolute Gasteiger partial charge is 0.354 e. The van der Waals surface area contributed by atoms with Crippen LogP contribution in [0, 0.1) is 0 Å². The van der Waals surface area contributed by atoms with E-state index in [2.05, 4.69) is 10.1 Å². The van der Waals surface area contributed by atoms with Gasteiger partial charge in [-0.2, -0.15) is 0 Å². The molecule has 0 heterocycles. The van der Waals surface area contributed by atoms with Crippen LogP contribution in [0.1, 0.15) is 29.8 Å². The molecule has 0 atom stereocenters. The largest absolute Gasteiger partial charge is 0.464 e. The van der Waals surface area contributed by atoms with Gasteiger partial charge in [0.25, 0.3) is 0 Å². The van der Waals surface area contributed by atoms with Gasteiger partial charge in [-0.05, 0) is 18.6 Å². The van der Waals surface area contributed by atoms with Crippen molar-refractivity contribution in [3.8, 4) is 0 Å². The molecule has 0 spiro atoms. The van der Waals surface area contributed by atoms with E-state index in [-0.39, 0.29) is 17.4 Å². The number of ether oxygens (including phenoxy) is 1. The molecule has 0 radical (unpaired) electrons. The van der Waals surface area contributed by atoms with Gasteiger partial charge >= 0.3 is 5.97 Å². The van der Waals surface area contributed by atoms with Gasteiger partial charge in [0.2, 0.25) is 5.91 Å². The van der Waals surface area contributed by atoms with Gasteiger partial charge in [-0.1, -0.05) is 24.3 Å². The summed E-state index contributed by atoms with van der Waals surface area (Å²) >= 11 is 0. The highest BCUT2D eigenvalue weighted by Gasteiger charge is 2.11. The maximum atomic E-state index is 11.5. The molecule has 1 aromatic rings. The molecule has 5 heteroatoms. The molecule has 0 aliphatic rings. The molecule has 0 saturated heterocycles. The standard InChI is InChI=1S/C14H15NO4/c1-9(16)12-6-4-11(5-7-12)8-13(14(18)19-3)15-10(2)17/h4-8H,1-3H3,(H,15,17)/b13-8+. The number of ketones is 1. The monoisotopic (exact) mass is 261 g/mol. The maximum absolute atomic E-state index is 11.5. The Kier molecular flexibility index (Phi) is 5.00. The average molecular weight is 261 g/mol. The van der Waals surface area contributed by atoms with Crippen LogP contribution in [0.4, 0.5) is 0 Å². The number of hydrogen-bond donors (Lipinski definition) is 1. The highest BCUT2D eigenvalue weighted by molar-refractivity contribution is 5.98. The van der Waals surface area contributed by atoms with Crippen molar-refractivity contribution in [3.05, 3.63) is 41.1 Å². The van der Waals surface area contributed by atoms with E-state index in [9.17, 15) is 14.4 Å². The molecule has 0 aromatic heterocycles. The fourth-order valence-corrected chi connectivity index (χ4v) is 1.43. The molecule has 5 nitrogen and oxygen atoms in total. The SMILES string of the molecule is COC(=O)/C(=C\c1ccc(C(C)=O)cc1)NC(C)=O. The third kappa shape index (κ3) is 4.39. The minimum atomic E-state index is -0.633. The summed E-state index contributed by atoms with van der Waals surface area (Å²) in [6.45, 7) is 2.78. The Morgan fingerprint density at radius 2 is 1.68 bits per heavy atom. The molecule has 1 rings (SSSR count). The van der Waals surface area contributed by atoms with Crippen LogP contribution in [-0.2, 0) is 14.3 Å². The average Bonchev–Trinajstić information content (AvgIpc) is 2.37. The lowest BCUT2D eigenvalue weighted by atomic mass is 10.1. The summed E-state index contributed by atoms with van der Waals surface area (Å²) in [6, 6.07) is 6.66. The minimum Gasteiger partial charge on any atom is -0.464 e. The lowest BCUT2D eigenvalue weighted by Gasteiger charge is -2.06. The van der Waals surface area contributed by atoms with Crippen molar-refractivity contribution in [2.75, 3.05) is 7.11 Å². The Bertz CT molecular complexity index is 529. The molecular weight excluding hydrogens is 246 g/mol. The molecule has 1 aromatic carbocycles. The highest BCUT2D eigenvalue weighted by atomic mass is 16.5. The van der Waals surface area contributed by atoms with Crippen molar-refractivity contribution in [1.29, 1.82) is 0 Å². The van der Waals surface area contributed by atoms with Crippen LogP contribution < -0.4 is 5.32 Å². The second-order valence-electron chi connectivity index (χ2n) is 3.91. The van der Waals surface area contributed by atoms with Gasteiger partial charge in [-0.3, -0.25) is 9.59 Å². The van der Waals surface area contributed by atoms with Crippen molar-refractivity contribution < 1.29 is 19.1 Å². The Balaban J connectivity index is 3.03. The number of hydrogen-bond acceptors (Lipinski definition) is 4. The number of Topliss-reactive ketones (excluding diaryl/α,β-unsaturated/α-hetero) is 1.